The smallest absolute Gasteiger partial charge is 0.337 e. The number of esters is 1. The highest BCUT2D eigenvalue weighted by Gasteiger charge is 2.23. The van der Waals surface area contributed by atoms with Crippen molar-refractivity contribution < 1.29 is 22.7 Å². The first-order valence-corrected chi connectivity index (χ1v) is 9.00. The second-order valence-electron chi connectivity index (χ2n) is 5.34. The van der Waals surface area contributed by atoms with Crippen molar-refractivity contribution in [3.05, 3.63) is 52.5 Å². The first kappa shape index (κ1) is 17.2. The largest absolute Gasteiger partial charge is 0.465 e. The minimum atomic E-state index is -3.95. The van der Waals surface area contributed by atoms with E-state index in [4.69, 9.17) is 11.6 Å². The summed E-state index contributed by atoms with van der Waals surface area (Å²) in [5.74, 6) is -0.800. The molecule has 1 heterocycles. The Hall–Kier alpha value is -2.58. The minimum absolute atomic E-state index is 0.0118. The number of ether oxygens (including phenoxy) is 1. The van der Waals surface area contributed by atoms with E-state index >= 15 is 0 Å². The van der Waals surface area contributed by atoms with E-state index in [9.17, 15) is 18.0 Å². The highest BCUT2D eigenvalue weighted by atomic mass is 35.5. The molecular formula is C16H13ClN2O5S. The fourth-order valence-corrected chi connectivity index (χ4v) is 3.77. The van der Waals surface area contributed by atoms with Crippen LogP contribution in [0.1, 0.15) is 15.9 Å². The average Bonchev–Trinajstić information content (AvgIpc) is 2.95. The van der Waals surface area contributed by atoms with Crippen LogP contribution in [0.3, 0.4) is 0 Å². The summed E-state index contributed by atoms with van der Waals surface area (Å²) in [4.78, 5) is 23.0. The Morgan fingerprint density at radius 2 is 2.00 bits per heavy atom. The van der Waals surface area contributed by atoms with Crippen LogP contribution in [0, 0.1) is 0 Å². The Morgan fingerprint density at radius 1 is 1.24 bits per heavy atom. The summed E-state index contributed by atoms with van der Waals surface area (Å²) < 4.78 is 32.1. The molecular weight excluding hydrogens is 368 g/mol. The van der Waals surface area contributed by atoms with Crippen LogP contribution in [0.25, 0.3) is 0 Å². The number of hydrogen-bond acceptors (Lipinski definition) is 5. The monoisotopic (exact) mass is 380 g/mol. The van der Waals surface area contributed by atoms with Crippen LogP contribution in [-0.2, 0) is 26.0 Å². The van der Waals surface area contributed by atoms with Gasteiger partial charge in [-0.2, -0.15) is 0 Å². The highest BCUT2D eigenvalue weighted by molar-refractivity contribution is 7.92. The summed E-state index contributed by atoms with van der Waals surface area (Å²) in [6.45, 7) is 0. The van der Waals surface area contributed by atoms with Crippen LogP contribution in [0.2, 0.25) is 5.02 Å². The van der Waals surface area contributed by atoms with E-state index in [1.54, 1.807) is 0 Å². The predicted molar refractivity (Wildman–Crippen MR) is 92.4 cm³/mol. The predicted octanol–water partition coefficient (Wildman–Crippen LogP) is 2.42. The number of benzene rings is 2. The Balaban J connectivity index is 1.94. The fraction of sp³-hybridized carbons (Fsp3) is 0.125. The van der Waals surface area contributed by atoms with E-state index in [0.29, 0.717) is 11.3 Å². The first-order chi connectivity index (χ1) is 11.8. The lowest BCUT2D eigenvalue weighted by Crippen LogP contribution is -2.14. The first-order valence-electron chi connectivity index (χ1n) is 7.13. The molecule has 0 saturated heterocycles. The molecule has 1 amide bonds. The van der Waals surface area contributed by atoms with Gasteiger partial charge in [0.05, 0.1) is 34.7 Å². The molecule has 0 unspecified atom stereocenters. The summed E-state index contributed by atoms with van der Waals surface area (Å²) in [5.41, 5.74) is 1.41. The van der Waals surface area contributed by atoms with Gasteiger partial charge < -0.3 is 10.1 Å². The molecule has 25 heavy (non-hydrogen) atoms. The highest BCUT2D eigenvalue weighted by Crippen LogP contribution is 2.29. The second-order valence-corrected chi connectivity index (χ2v) is 7.43. The third-order valence-corrected chi connectivity index (χ3v) is 5.34. The van der Waals surface area contributed by atoms with Crippen LogP contribution in [0.4, 0.5) is 11.4 Å². The number of nitrogens with one attached hydrogen (secondary N) is 2. The van der Waals surface area contributed by atoms with Gasteiger partial charge in [-0.3, -0.25) is 9.52 Å². The quantitative estimate of drug-likeness (QED) is 0.793. The van der Waals surface area contributed by atoms with Crippen molar-refractivity contribution in [1.29, 1.82) is 0 Å². The number of fused-ring (bicyclic) bond motifs is 1. The molecule has 0 bridgehead atoms. The number of methoxy groups -OCH3 is 1. The number of anilines is 2. The second kappa shape index (κ2) is 6.38. The van der Waals surface area contributed by atoms with Gasteiger partial charge in [0.2, 0.25) is 5.91 Å². The molecule has 7 nitrogen and oxygen atoms in total. The summed E-state index contributed by atoms with van der Waals surface area (Å²) in [5, 5.41) is 2.77. The molecule has 2 aromatic carbocycles. The number of sulfonamides is 1. The maximum atomic E-state index is 12.6. The molecule has 9 heteroatoms. The maximum absolute atomic E-state index is 12.6. The molecule has 1 aliphatic rings. The van der Waals surface area contributed by atoms with E-state index in [1.807, 2.05) is 0 Å². The number of rotatable bonds is 4. The zero-order valence-electron chi connectivity index (χ0n) is 13.0. The molecule has 0 aliphatic carbocycles. The maximum Gasteiger partial charge on any atom is 0.337 e. The van der Waals surface area contributed by atoms with Gasteiger partial charge in [0, 0.05) is 5.69 Å². The number of hydrogen-bond donors (Lipinski definition) is 2. The summed E-state index contributed by atoms with van der Waals surface area (Å²) in [6.07, 6.45) is 0.122. The van der Waals surface area contributed by atoms with Gasteiger partial charge in [-0.25, -0.2) is 13.2 Å². The van der Waals surface area contributed by atoms with Crippen LogP contribution in [-0.4, -0.2) is 27.4 Å². The van der Waals surface area contributed by atoms with Gasteiger partial charge in [0.15, 0.2) is 0 Å². The summed E-state index contributed by atoms with van der Waals surface area (Å²) >= 11 is 6.02. The van der Waals surface area contributed by atoms with E-state index < -0.39 is 16.0 Å². The Morgan fingerprint density at radius 3 is 2.72 bits per heavy atom. The molecule has 0 atom stereocenters. The van der Waals surface area contributed by atoms with E-state index in [1.165, 1.54) is 43.5 Å². The van der Waals surface area contributed by atoms with Crippen molar-refractivity contribution in [2.45, 2.75) is 11.3 Å². The number of carbonyl (C=O) groups excluding carboxylic acids is 2. The average molecular weight is 381 g/mol. The Labute approximate surface area is 149 Å². The van der Waals surface area contributed by atoms with Crippen molar-refractivity contribution >= 4 is 44.9 Å². The summed E-state index contributed by atoms with van der Waals surface area (Å²) in [6, 6.07) is 8.46. The number of carbonyl (C=O) groups is 2. The third kappa shape index (κ3) is 3.45. The molecule has 2 N–H and O–H groups in total. The van der Waals surface area contributed by atoms with Crippen LogP contribution >= 0.6 is 11.6 Å². The van der Waals surface area contributed by atoms with Gasteiger partial charge in [0.1, 0.15) is 0 Å². The minimum Gasteiger partial charge on any atom is -0.465 e. The van der Waals surface area contributed by atoms with E-state index in [-0.39, 0.29) is 33.5 Å². The fourth-order valence-electron chi connectivity index (χ4n) is 2.42. The van der Waals surface area contributed by atoms with Crippen molar-refractivity contribution in [1.82, 2.24) is 0 Å². The number of halogens is 1. The van der Waals surface area contributed by atoms with Gasteiger partial charge in [0.25, 0.3) is 10.0 Å². The lowest BCUT2D eigenvalue weighted by molar-refractivity contribution is -0.115. The van der Waals surface area contributed by atoms with E-state index in [0.717, 1.165) is 0 Å². The molecule has 2 aromatic rings. The molecule has 0 saturated carbocycles. The Bertz CT molecular complexity index is 988. The van der Waals surface area contributed by atoms with Crippen molar-refractivity contribution in [2.75, 3.05) is 17.1 Å². The van der Waals surface area contributed by atoms with Gasteiger partial charge >= 0.3 is 5.97 Å². The van der Waals surface area contributed by atoms with Gasteiger partial charge in [-0.05, 0) is 42.0 Å². The van der Waals surface area contributed by atoms with Gasteiger partial charge in [-0.15, -0.1) is 0 Å². The molecule has 0 fully saturated rings. The molecule has 130 valence electrons. The van der Waals surface area contributed by atoms with E-state index in [2.05, 4.69) is 14.8 Å². The lowest BCUT2D eigenvalue weighted by Gasteiger charge is -2.11. The summed E-state index contributed by atoms with van der Waals surface area (Å²) in [7, 11) is -2.73. The molecule has 0 spiro atoms. The zero-order valence-corrected chi connectivity index (χ0v) is 14.6. The van der Waals surface area contributed by atoms with Gasteiger partial charge in [-0.1, -0.05) is 11.6 Å². The molecule has 1 aliphatic heterocycles. The molecule has 3 rings (SSSR count). The SMILES string of the molecule is COC(=O)c1ccc(Cl)c(NS(=O)(=O)c2ccc3c(c2)CC(=O)N3)c1. The van der Waals surface area contributed by atoms with Crippen LogP contribution in [0.5, 0.6) is 0 Å². The van der Waals surface area contributed by atoms with Crippen molar-refractivity contribution in [3.8, 4) is 0 Å². The van der Waals surface area contributed by atoms with Crippen LogP contribution < -0.4 is 10.0 Å². The normalized spacial score (nSPS) is 13.1. The van der Waals surface area contributed by atoms with Crippen LogP contribution in [0.15, 0.2) is 41.3 Å². The zero-order chi connectivity index (χ0) is 18.2. The molecule has 0 radical (unpaired) electrons. The molecule has 0 aromatic heterocycles. The van der Waals surface area contributed by atoms with Crippen molar-refractivity contribution in [2.24, 2.45) is 0 Å². The van der Waals surface area contributed by atoms with Crippen molar-refractivity contribution in [3.63, 3.8) is 0 Å². The topological polar surface area (TPSA) is 102 Å². The lowest BCUT2D eigenvalue weighted by atomic mass is 10.2. The Kier molecular flexibility index (Phi) is 4.40. The standard InChI is InChI=1S/C16H13ClN2O5S/c1-24-16(21)9-2-4-12(17)14(7-9)19-25(22,23)11-3-5-13-10(6-11)8-15(20)18-13/h2-7,19H,8H2,1H3,(H,18,20). The third-order valence-electron chi connectivity index (χ3n) is 3.64. The number of amides is 1.